The molecule has 0 amide bonds. The van der Waals surface area contributed by atoms with Gasteiger partial charge in [-0.2, -0.15) is 0 Å². The molecule has 1 heterocycles. The van der Waals surface area contributed by atoms with Crippen molar-refractivity contribution < 1.29 is 14.2 Å². The second-order valence-corrected chi connectivity index (χ2v) is 12.6. The molecule has 0 N–H and O–H groups in total. The smallest absolute Gasteiger partial charge is 0.146 e. The van der Waals surface area contributed by atoms with Crippen LogP contribution in [-0.2, 0) is 14.2 Å². The fraction of sp³-hybridized carbons (Fsp3) is 1.00. The molecule has 20 heavy (non-hydrogen) atoms. The summed E-state index contributed by atoms with van der Waals surface area (Å²) in [5, 5.41) is 0. The summed E-state index contributed by atoms with van der Waals surface area (Å²) in [6, 6.07) is 1.79. The molecule has 120 valence electrons. The molecule has 0 aromatic carbocycles. The maximum atomic E-state index is 5.69. The van der Waals surface area contributed by atoms with Gasteiger partial charge in [0.1, 0.15) is 6.79 Å². The van der Waals surface area contributed by atoms with E-state index in [4.69, 9.17) is 14.2 Å². The Balaban J connectivity index is 1.85. The molecule has 1 fully saturated rings. The molecule has 1 rings (SSSR count). The molecule has 0 aromatic heterocycles. The van der Waals surface area contributed by atoms with Crippen molar-refractivity contribution in [3.05, 3.63) is 0 Å². The lowest BCUT2D eigenvalue weighted by atomic mass is 10.0. The van der Waals surface area contributed by atoms with Crippen LogP contribution in [0.25, 0.3) is 0 Å². The van der Waals surface area contributed by atoms with Gasteiger partial charge in [-0.05, 0) is 32.5 Å². The van der Waals surface area contributed by atoms with Gasteiger partial charge in [0.15, 0.2) is 0 Å². The van der Waals surface area contributed by atoms with Crippen LogP contribution >= 0.6 is 0 Å². The number of hydrogen-bond donors (Lipinski definition) is 0. The highest BCUT2D eigenvalue weighted by Gasteiger charge is 2.18. The quantitative estimate of drug-likeness (QED) is 0.353. The van der Waals surface area contributed by atoms with Gasteiger partial charge < -0.3 is 19.1 Å². The Bertz CT molecular complexity index is 246. The highest BCUT2D eigenvalue weighted by Crippen LogP contribution is 2.14. The number of rotatable bonds is 10. The number of likely N-dealkylation sites (N-methyl/N-ethyl adjacent to an activating group) is 1. The standard InChI is InChI=1S/C15H33NO3Si/c1-16-8-6-5-7-15(16)13-17-9-10-18-14-19-11-12-20(2,3)4/h15H,5-14H2,1-4H3. The van der Waals surface area contributed by atoms with Crippen LogP contribution in [0.5, 0.6) is 0 Å². The van der Waals surface area contributed by atoms with E-state index in [1.54, 1.807) is 0 Å². The molecule has 0 aromatic rings. The SMILES string of the molecule is CN1CCCCC1COCCOCOCC[Si](C)(C)C. The predicted octanol–water partition coefficient (Wildman–Crippen LogP) is 2.82. The van der Waals surface area contributed by atoms with Crippen molar-refractivity contribution in [2.24, 2.45) is 0 Å². The molecule has 0 radical (unpaired) electrons. The summed E-state index contributed by atoms with van der Waals surface area (Å²) in [4.78, 5) is 2.41. The minimum Gasteiger partial charge on any atom is -0.377 e. The Kier molecular flexibility index (Phi) is 8.96. The van der Waals surface area contributed by atoms with Crippen molar-refractivity contribution in [1.29, 1.82) is 0 Å². The highest BCUT2D eigenvalue weighted by atomic mass is 28.3. The minimum atomic E-state index is -0.974. The molecule has 1 aliphatic heterocycles. The second-order valence-electron chi connectivity index (χ2n) is 6.95. The summed E-state index contributed by atoms with van der Waals surface area (Å²) in [6.45, 7) is 11.6. The maximum absolute atomic E-state index is 5.69. The summed E-state index contributed by atoms with van der Waals surface area (Å²) >= 11 is 0. The van der Waals surface area contributed by atoms with Crippen LogP contribution in [-0.4, -0.2) is 65.8 Å². The minimum absolute atomic E-state index is 0.400. The molecule has 1 unspecified atom stereocenters. The third kappa shape index (κ3) is 9.08. The maximum Gasteiger partial charge on any atom is 0.146 e. The van der Waals surface area contributed by atoms with E-state index < -0.39 is 8.07 Å². The van der Waals surface area contributed by atoms with E-state index in [2.05, 4.69) is 31.6 Å². The first kappa shape index (κ1) is 18.1. The fourth-order valence-corrected chi connectivity index (χ4v) is 3.00. The van der Waals surface area contributed by atoms with Crippen LogP contribution in [0.1, 0.15) is 19.3 Å². The van der Waals surface area contributed by atoms with Gasteiger partial charge in [-0.1, -0.05) is 26.1 Å². The number of hydrogen-bond acceptors (Lipinski definition) is 4. The van der Waals surface area contributed by atoms with Crippen LogP contribution in [0.3, 0.4) is 0 Å². The lowest BCUT2D eigenvalue weighted by Crippen LogP contribution is -2.39. The van der Waals surface area contributed by atoms with Crippen molar-refractivity contribution >= 4 is 8.07 Å². The molecule has 0 saturated carbocycles. The van der Waals surface area contributed by atoms with E-state index in [9.17, 15) is 0 Å². The van der Waals surface area contributed by atoms with Crippen molar-refractivity contribution in [2.75, 3.05) is 46.8 Å². The van der Waals surface area contributed by atoms with Crippen LogP contribution in [0.2, 0.25) is 25.7 Å². The average molecular weight is 304 g/mol. The highest BCUT2D eigenvalue weighted by molar-refractivity contribution is 6.76. The number of likely N-dealkylation sites (tertiary alicyclic amines) is 1. The van der Waals surface area contributed by atoms with Crippen LogP contribution in [0, 0.1) is 0 Å². The summed E-state index contributed by atoms with van der Waals surface area (Å²) < 4.78 is 16.6. The summed E-state index contributed by atoms with van der Waals surface area (Å²) in [6.07, 6.45) is 3.92. The molecule has 0 spiro atoms. The van der Waals surface area contributed by atoms with Crippen LogP contribution in [0.15, 0.2) is 0 Å². The monoisotopic (exact) mass is 303 g/mol. The van der Waals surface area contributed by atoms with E-state index in [0.717, 1.165) is 13.2 Å². The molecule has 0 bridgehead atoms. The van der Waals surface area contributed by atoms with Gasteiger partial charge in [-0.25, -0.2) is 0 Å². The van der Waals surface area contributed by atoms with E-state index in [1.807, 2.05) is 0 Å². The molecule has 0 aliphatic carbocycles. The van der Waals surface area contributed by atoms with Gasteiger partial charge in [0, 0.05) is 20.7 Å². The average Bonchev–Trinajstić information content (AvgIpc) is 2.37. The van der Waals surface area contributed by atoms with E-state index in [-0.39, 0.29) is 0 Å². The van der Waals surface area contributed by atoms with Gasteiger partial charge in [0.2, 0.25) is 0 Å². The van der Waals surface area contributed by atoms with E-state index in [1.165, 1.54) is 31.9 Å². The number of ether oxygens (including phenoxy) is 3. The topological polar surface area (TPSA) is 30.9 Å². The first-order valence-electron chi connectivity index (χ1n) is 7.92. The molecular formula is C15H33NO3Si. The van der Waals surface area contributed by atoms with Gasteiger partial charge in [-0.3, -0.25) is 0 Å². The summed E-state index contributed by atoms with van der Waals surface area (Å²) in [5.41, 5.74) is 0. The van der Waals surface area contributed by atoms with Gasteiger partial charge in [0.05, 0.1) is 19.8 Å². The Hall–Kier alpha value is 0.0569. The third-order valence-electron chi connectivity index (χ3n) is 3.77. The van der Waals surface area contributed by atoms with Gasteiger partial charge in [0.25, 0.3) is 0 Å². The Morgan fingerprint density at radius 3 is 2.40 bits per heavy atom. The molecule has 4 nitrogen and oxygen atoms in total. The fourth-order valence-electron chi connectivity index (χ4n) is 2.25. The largest absolute Gasteiger partial charge is 0.377 e. The Morgan fingerprint density at radius 1 is 1.00 bits per heavy atom. The summed E-state index contributed by atoms with van der Waals surface area (Å²) in [5.74, 6) is 0. The Labute approximate surface area is 125 Å². The number of nitrogens with zero attached hydrogens (tertiary/aromatic N) is 1. The van der Waals surface area contributed by atoms with E-state index >= 15 is 0 Å². The molecule has 1 atom stereocenters. The zero-order valence-electron chi connectivity index (χ0n) is 13.8. The second kappa shape index (κ2) is 9.90. The van der Waals surface area contributed by atoms with Crippen LogP contribution in [0.4, 0.5) is 0 Å². The van der Waals surface area contributed by atoms with Crippen molar-refractivity contribution in [1.82, 2.24) is 4.90 Å². The Morgan fingerprint density at radius 2 is 1.70 bits per heavy atom. The van der Waals surface area contributed by atoms with Crippen molar-refractivity contribution in [3.63, 3.8) is 0 Å². The van der Waals surface area contributed by atoms with E-state index in [0.29, 0.717) is 26.0 Å². The molecular weight excluding hydrogens is 270 g/mol. The molecule has 1 saturated heterocycles. The van der Waals surface area contributed by atoms with Crippen LogP contribution < -0.4 is 0 Å². The first-order chi connectivity index (χ1) is 9.49. The summed E-state index contributed by atoms with van der Waals surface area (Å²) in [7, 11) is 1.22. The third-order valence-corrected chi connectivity index (χ3v) is 5.47. The molecule has 5 heteroatoms. The zero-order valence-corrected chi connectivity index (χ0v) is 14.8. The zero-order chi connectivity index (χ0) is 14.8. The van der Waals surface area contributed by atoms with Crippen molar-refractivity contribution in [2.45, 2.75) is 51.0 Å². The van der Waals surface area contributed by atoms with Crippen molar-refractivity contribution in [3.8, 4) is 0 Å². The normalized spacial score (nSPS) is 21.3. The lowest BCUT2D eigenvalue weighted by Gasteiger charge is -2.32. The predicted molar refractivity (Wildman–Crippen MR) is 86.0 cm³/mol. The molecule has 1 aliphatic rings. The lowest BCUT2D eigenvalue weighted by molar-refractivity contribution is -0.0698. The number of piperidine rings is 1. The van der Waals surface area contributed by atoms with Gasteiger partial charge >= 0.3 is 0 Å². The first-order valence-corrected chi connectivity index (χ1v) is 11.6. The van der Waals surface area contributed by atoms with Gasteiger partial charge in [-0.15, -0.1) is 0 Å².